The number of nitrogens with zero attached hydrogens (tertiary/aromatic N) is 6. The number of rotatable bonds is 5. The van der Waals surface area contributed by atoms with E-state index in [1.807, 2.05) is 0 Å². The molecule has 3 aromatic rings. The van der Waals surface area contributed by atoms with Crippen molar-refractivity contribution in [3.8, 4) is 17.3 Å². The number of hydrogen-bond donors (Lipinski definition) is 2. The lowest BCUT2D eigenvalue weighted by molar-refractivity contribution is 0.369. The van der Waals surface area contributed by atoms with E-state index in [2.05, 4.69) is 21.8 Å². The zero-order valence-electron chi connectivity index (χ0n) is 17.2. The van der Waals surface area contributed by atoms with Crippen LogP contribution in [0.5, 0.6) is 0 Å². The summed E-state index contributed by atoms with van der Waals surface area (Å²) in [4.78, 5) is 17.6. The highest BCUT2D eigenvalue weighted by Crippen LogP contribution is 2.40. The SMILES string of the molecule is CC[C@@H]1C(=N)N(C=N)c2cnc(-n3ccnc3-c3ccc(F)cc3)nc2N1C1CCC1. The number of fused-ring (bicyclic) bond motifs is 1. The summed E-state index contributed by atoms with van der Waals surface area (Å²) in [6, 6.07) is 6.36. The Labute approximate surface area is 179 Å². The van der Waals surface area contributed by atoms with Gasteiger partial charge in [0, 0.05) is 24.0 Å². The first kappa shape index (κ1) is 19.3. The van der Waals surface area contributed by atoms with Crippen molar-refractivity contribution in [2.24, 2.45) is 0 Å². The molecule has 158 valence electrons. The Kier molecular flexibility index (Phi) is 4.72. The third-order valence-electron chi connectivity index (χ3n) is 6.09. The first-order valence-corrected chi connectivity index (χ1v) is 10.5. The predicted molar refractivity (Wildman–Crippen MR) is 118 cm³/mol. The molecule has 0 saturated heterocycles. The van der Waals surface area contributed by atoms with Crippen LogP contribution in [0.25, 0.3) is 17.3 Å². The Morgan fingerprint density at radius 3 is 2.61 bits per heavy atom. The van der Waals surface area contributed by atoms with Gasteiger partial charge in [0.2, 0.25) is 5.95 Å². The highest BCUT2D eigenvalue weighted by Gasteiger charge is 2.41. The Balaban J connectivity index is 1.63. The molecule has 0 amide bonds. The molecule has 5 rings (SSSR count). The molecule has 9 heteroatoms. The molecule has 0 bridgehead atoms. The van der Waals surface area contributed by atoms with E-state index in [1.54, 1.807) is 40.2 Å². The number of imidazole rings is 1. The molecule has 2 aliphatic rings. The number of halogens is 1. The second-order valence-corrected chi connectivity index (χ2v) is 7.81. The van der Waals surface area contributed by atoms with E-state index >= 15 is 0 Å². The molecule has 1 aromatic carbocycles. The van der Waals surface area contributed by atoms with Crippen LogP contribution in [0.3, 0.4) is 0 Å². The van der Waals surface area contributed by atoms with Gasteiger partial charge in [-0.05, 0) is 49.9 Å². The maximum Gasteiger partial charge on any atom is 0.237 e. The molecule has 1 aliphatic carbocycles. The highest BCUT2D eigenvalue weighted by atomic mass is 19.1. The maximum atomic E-state index is 13.4. The Morgan fingerprint density at radius 2 is 1.97 bits per heavy atom. The number of aromatic nitrogens is 4. The van der Waals surface area contributed by atoms with Crippen LogP contribution < -0.4 is 9.80 Å². The van der Waals surface area contributed by atoms with Crippen LogP contribution in [-0.2, 0) is 0 Å². The van der Waals surface area contributed by atoms with Crippen LogP contribution >= 0.6 is 0 Å². The van der Waals surface area contributed by atoms with Crippen molar-refractivity contribution in [1.82, 2.24) is 19.5 Å². The maximum absolute atomic E-state index is 13.4. The molecular formula is C22H23FN8. The lowest BCUT2D eigenvalue weighted by Gasteiger charge is -2.48. The van der Waals surface area contributed by atoms with Crippen LogP contribution in [0.4, 0.5) is 15.9 Å². The lowest BCUT2D eigenvalue weighted by atomic mass is 9.88. The van der Waals surface area contributed by atoms with Crippen molar-refractivity contribution in [2.45, 2.75) is 44.7 Å². The summed E-state index contributed by atoms with van der Waals surface area (Å²) in [5.41, 5.74) is 1.40. The summed E-state index contributed by atoms with van der Waals surface area (Å²) in [5.74, 6) is 1.88. The number of anilines is 2. The van der Waals surface area contributed by atoms with E-state index in [4.69, 9.17) is 15.8 Å². The lowest BCUT2D eigenvalue weighted by Crippen LogP contribution is -2.58. The molecule has 8 nitrogen and oxygen atoms in total. The molecule has 1 aliphatic heterocycles. The molecule has 0 radical (unpaired) electrons. The summed E-state index contributed by atoms with van der Waals surface area (Å²) in [6.45, 7) is 2.06. The van der Waals surface area contributed by atoms with E-state index in [0.717, 1.165) is 37.0 Å². The summed E-state index contributed by atoms with van der Waals surface area (Å²) in [6.07, 6.45) is 10.3. The average molecular weight is 418 g/mol. The standard InChI is InChI=1S/C22H23FN8/c1-2-17-19(25)30(13-24)18-12-27-22(28-21(18)31(17)16-4-3-5-16)29-11-10-26-20(29)14-6-8-15(23)9-7-14/h6-13,16-17,24-25H,2-5H2,1H3/t17-/m1/s1. The van der Waals surface area contributed by atoms with Gasteiger partial charge < -0.3 is 4.90 Å². The van der Waals surface area contributed by atoms with Gasteiger partial charge in [-0.25, -0.2) is 14.4 Å². The van der Waals surface area contributed by atoms with Gasteiger partial charge in [0.15, 0.2) is 5.82 Å². The van der Waals surface area contributed by atoms with Crippen LogP contribution in [0.15, 0.2) is 42.9 Å². The van der Waals surface area contributed by atoms with Gasteiger partial charge in [-0.3, -0.25) is 20.3 Å². The first-order valence-electron chi connectivity index (χ1n) is 10.5. The van der Waals surface area contributed by atoms with Gasteiger partial charge in [-0.2, -0.15) is 4.98 Å². The fourth-order valence-corrected chi connectivity index (χ4v) is 4.30. The quantitative estimate of drug-likeness (QED) is 0.482. The summed E-state index contributed by atoms with van der Waals surface area (Å²) in [7, 11) is 0. The van der Waals surface area contributed by atoms with Crippen molar-refractivity contribution < 1.29 is 4.39 Å². The van der Waals surface area contributed by atoms with E-state index < -0.39 is 0 Å². The second kappa shape index (κ2) is 7.57. The van der Waals surface area contributed by atoms with E-state index in [0.29, 0.717) is 29.3 Å². The number of hydrogen-bond acceptors (Lipinski definition) is 6. The van der Waals surface area contributed by atoms with Gasteiger partial charge in [-0.15, -0.1) is 0 Å². The number of nitrogens with one attached hydrogen (secondary N) is 2. The second-order valence-electron chi connectivity index (χ2n) is 7.81. The monoisotopic (exact) mass is 418 g/mol. The van der Waals surface area contributed by atoms with Crippen molar-refractivity contribution in [3.05, 3.63) is 48.7 Å². The van der Waals surface area contributed by atoms with Gasteiger partial charge in [0.05, 0.1) is 18.6 Å². The number of amidine groups is 1. The van der Waals surface area contributed by atoms with E-state index in [9.17, 15) is 4.39 Å². The highest BCUT2D eigenvalue weighted by molar-refractivity contribution is 6.16. The van der Waals surface area contributed by atoms with Crippen LogP contribution in [0.1, 0.15) is 32.6 Å². The largest absolute Gasteiger partial charge is 0.342 e. The zero-order chi connectivity index (χ0) is 21.5. The molecule has 0 spiro atoms. The number of benzene rings is 1. The van der Waals surface area contributed by atoms with Crippen molar-refractivity contribution in [2.75, 3.05) is 9.80 Å². The molecular weight excluding hydrogens is 395 g/mol. The third kappa shape index (κ3) is 3.08. The fraction of sp³-hybridized carbons (Fsp3) is 0.318. The van der Waals surface area contributed by atoms with E-state index in [-0.39, 0.29) is 11.9 Å². The summed E-state index contributed by atoms with van der Waals surface area (Å²) < 4.78 is 15.2. The molecule has 1 atom stereocenters. The van der Waals surface area contributed by atoms with Crippen molar-refractivity contribution in [1.29, 1.82) is 10.8 Å². The Hall–Kier alpha value is -3.62. The molecule has 2 aromatic heterocycles. The Morgan fingerprint density at radius 1 is 1.19 bits per heavy atom. The summed E-state index contributed by atoms with van der Waals surface area (Å²) >= 11 is 0. The zero-order valence-corrected chi connectivity index (χ0v) is 17.2. The minimum Gasteiger partial charge on any atom is -0.342 e. The van der Waals surface area contributed by atoms with Crippen molar-refractivity contribution >= 4 is 23.7 Å². The van der Waals surface area contributed by atoms with Gasteiger partial charge in [-0.1, -0.05) is 6.92 Å². The van der Waals surface area contributed by atoms with Gasteiger partial charge in [0.25, 0.3) is 0 Å². The molecule has 2 N–H and O–H groups in total. The molecule has 31 heavy (non-hydrogen) atoms. The van der Waals surface area contributed by atoms with E-state index in [1.165, 1.54) is 18.6 Å². The van der Waals surface area contributed by atoms with Crippen LogP contribution in [0.2, 0.25) is 0 Å². The third-order valence-corrected chi connectivity index (χ3v) is 6.09. The Bertz CT molecular complexity index is 1130. The normalized spacial score (nSPS) is 18.6. The predicted octanol–water partition coefficient (Wildman–Crippen LogP) is 4.01. The minimum atomic E-state index is -0.303. The van der Waals surface area contributed by atoms with Crippen LogP contribution in [0, 0.1) is 16.6 Å². The molecule has 0 unspecified atom stereocenters. The van der Waals surface area contributed by atoms with Gasteiger partial charge in [0.1, 0.15) is 23.2 Å². The van der Waals surface area contributed by atoms with Crippen molar-refractivity contribution in [3.63, 3.8) is 0 Å². The molecule has 1 saturated carbocycles. The average Bonchev–Trinajstić information content (AvgIpc) is 3.23. The van der Waals surface area contributed by atoms with Crippen LogP contribution in [-0.4, -0.2) is 43.8 Å². The molecule has 3 heterocycles. The first-order chi connectivity index (χ1) is 15.1. The van der Waals surface area contributed by atoms with Gasteiger partial charge >= 0.3 is 0 Å². The minimum absolute atomic E-state index is 0.137. The molecule has 1 fully saturated rings. The smallest absolute Gasteiger partial charge is 0.237 e. The fourth-order valence-electron chi connectivity index (χ4n) is 4.30. The topological polar surface area (TPSA) is 97.8 Å². The summed E-state index contributed by atoms with van der Waals surface area (Å²) in [5, 5.41) is 16.5.